The molecule has 0 saturated carbocycles. The maximum absolute atomic E-state index is 14.3. The second-order valence-corrected chi connectivity index (χ2v) is 9.19. The van der Waals surface area contributed by atoms with Crippen molar-refractivity contribution in [2.75, 3.05) is 23.3 Å². The van der Waals surface area contributed by atoms with Crippen LogP contribution in [0.1, 0.15) is 20.8 Å². The Kier molecular flexibility index (Phi) is 5.96. The zero-order valence-electron chi connectivity index (χ0n) is 17.6. The van der Waals surface area contributed by atoms with Gasteiger partial charge in [-0.25, -0.2) is 24.1 Å². The summed E-state index contributed by atoms with van der Waals surface area (Å²) in [5.74, 6) is 0.450. The Hall–Kier alpha value is -2.91. The van der Waals surface area contributed by atoms with E-state index in [0.29, 0.717) is 35.8 Å². The number of fused-ring (bicyclic) bond motifs is 1. The van der Waals surface area contributed by atoms with Crippen LogP contribution >= 0.6 is 23.2 Å². The van der Waals surface area contributed by atoms with E-state index in [1.165, 1.54) is 12.4 Å². The molecule has 11 heteroatoms. The number of nitrogens with zero attached hydrogens (tertiary/aromatic N) is 4. The molecule has 3 heterocycles. The fourth-order valence-corrected chi connectivity index (χ4v) is 3.49. The van der Waals surface area contributed by atoms with Crippen LogP contribution < -0.4 is 15.5 Å². The van der Waals surface area contributed by atoms with Crippen molar-refractivity contribution in [3.63, 3.8) is 0 Å². The van der Waals surface area contributed by atoms with E-state index < -0.39 is 17.5 Å². The topological polar surface area (TPSA) is 92.3 Å². The normalized spacial score (nSPS) is 14.2. The van der Waals surface area contributed by atoms with E-state index in [1.54, 1.807) is 0 Å². The number of ether oxygens (including phenoxy) is 1. The zero-order chi connectivity index (χ0) is 23.0. The summed E-state index contributed by atoms with van der Waals surface area (Å²) < 4.78 is 19.6. The van der Waals surface area contributed by atoms with Crippen molar-refractivity contribution >= 4 is 57.7 Å². The average Bonchev–Trinajstić information content (AvgIpc) is 2.67. The molecular formula is C21H21Cl2FN6O2. The molecule has 4 rings (SSSR count). The molecule has 0 aliphatic carbocycles. The summed E-state index contributed by atoms with van der Waals surface area (Å²) in [6.07, 6.45) is 0.920. The van der Waals surface area contributed by atoms with Crippen LogP contribution in [-0.2, 0) is 4.74 Å². The first-order valence-electron chi connectivity index (χ1n) is 9.87. The number of rotatable bonds is 4. The molecule has 0 radical (unpaired) electrons. The number of nitrogens with one attached hydrogen (secondary N) is 2. The molecule has 1 fully saturated rings. The lowest BCUT2D eigenvalue weighted by molar-refractivity contribution is 0.0496. The third-order valence-corrected chi connectivity index (χ3v) is 5.38. The first kappa shape index (κ1) is 22.3. The number of hydrogen-bond acceptors (Lipinski definition) is 7. The molecule has 1 saturated heterocycles. The van der Waals surface area contributed by atoms with Crippen molar-refractivity contribution in [2.24, 2.45) is 0 Å². The van der Waals surface area contributed by atoms with Gasteiger partial charge in [0.2, 0.25) is 0 Å². The molecule has 32 heavy (non-hydrogen) atoms. The number of alkyl carbamates (subject to hydrolysis) is 1. The van der Waals surface area contributed by atoms with Gasteiger partial charge in [0.05, 0.1) is 27.3 Å². The standard InChI is InChI=1S/C21H21Cl2FN6O2/c1-21(2,3)32-20(31)27-11-8-30(9-11)17-5-4-15-18(29-17)19(26-10-25-15)28-16-7-13(23)12(22)6-14(16)24/h4-7,10-11H,8-9H2,1-3H3,(H,27,31)(H,25,26,28). The highest BCUT2D eigenvalue weighted by Gasteiger charge is 2.31. The third-order valence-electron chi connectivity index (χ3n) is 4.66. The number of anilines is 3. The SMILES string of the molecule is CC(C)(C)OC(=O)NC1CN(c2ccc3ncnc(Nc4cc(Cl)c(Cl)cc4F)c3n2)C1. The van der Waals surface area contributed by atoms with Gasteiger partial charge in [-0.1, -0.05) is 23.2 Å². The number of halogens is 3. The van der Waals surface area contributed by atoms with E-state index in [2.05, 4.69) is 25.6 Å². The summed E-state index contributed by atoms with van der Waals surface area (Å²) in [7, 11) is 0. The molecule has 0 spiro atoms. The van der Waals surface area contributed by atoms with Crippen LogP contribution in [0.15, 0.2) is 30.6 Å². The van der Waals surface area contributed by atoms with Crippen LogP contribution in [0.4, 0.5) is 26.5 Å². The van der Waals surface area contributed by atoms with Crippen LogP contribution in [0.25, 0.3) is 11.0 Å². The van der Waals surface area contributed by atoms with Crippen molar-refractivity contribution in [2.45, 2.75) is 32.4 Å². The van der Waals surface area contributed by atoms with Crippen LogP contribution in [0.5, 0.6) is 0 Å². The van der Waals surface area contributed by atoms with Crippen LogP contribution in [0.3, 0.4) is 0 Å². The average molecular weight is 479 g/mol. The maximum Gasteiger partial charge on any atom is 0.407 e. The van der Waals surface area contributed by atoms with E-state index in [9.17, 15) is 9.18 Å². The summed E-state index contributed by atoms with van der Waals surface area (Å²) in [4.78, 5) is 27.0. The highest BCUT2D eigenvalue weighted by molar-refractivity contribution is 6.42. The second-order valence-electron chi connectivity index (χ2n) is 8.38. The highest BCUT2D eigenvalue weighted by Crippen LogP contribution is 2.31. The van der Waals surface area contributed by atoms with Gasteiger partial charge in [0.15, 0.2) is 5.82 Å². The molecule has 0 bridgehead atoms. The Labute approximate surface area is 194 Å². The lowest BCUT2D eigenvalue weighted by Crippen LogP contribution is -2.60. The zero-order valence-corrected chi connectivity index (χ0v) is 19.1. The summed E-state index contributed by atoms with van der Waals surface area (Å²) in [6.45, 7) is 6.61. The molecule has 1 amide bonds. The van der Waals surface area contributed by atoms with Gasteiger partial charge in [-0.15, -0.1) is 0 Å². The highest BCUT2D eigenvalue weighted by atomic mass is 35.5. The van der Waals surface area contributed by atoms with Gasteiger partial charge in [0.25, 0.3) is 0 Å². The smallest absolute Gasteiger partial charge is 0.407 e. The lowest BCUT2D eigenvalue weighted by atomic mass is 10.1. The minimum atomic E-state index is -0.568. The summed E-state index contributed by atoms with van der Waals surface area (Å²) in [5, 5.41) is 6.09. The molecule has 3 aromatic rings. The minimum absolute atomic E-state index is 0.0442. The number of hydrogen-bond donors (Lipinski definition) is 2. The van der Waals surface area contributed by atoms with Crippen molar-refractivity contribution in [3.05, 3.63) is 46.5 Å². The van der Waals surface area contributed by atoms with E-state index in [-0.39, 0.29) is 21.8 Å². The Balaban J connectivity index is 1.50. The second kappa shape index (κ2) is 8.55. The third kappa shape index (κ3) is 4.94. The predicted octanol–water partition coefficient (Wildman–Crippen LogP) is 4.93. The molecule has 1 aliphatic rings. The van der Waals surface area contributed by atoms with Gasteiger partial charge >= 0.3 is 6.09 Å². The molecule has 0 atom stereocenters. The van der Waals surface area contributed by atoms with E-state index in [0.717, 1.165) is 6.07 Å². The molecule has 1 aromatic carbocycles. The summed E-state index contributed by atoms with van der Waals surface area (Å²) >= 11 is 11.9. The number of amides is 1. The predicted molar refractivity (Wildman–Crippen MR) is 122 cm³/mol. The van der Waals surface area contributed by atoms with Crippen molar-refractivity contribution < 1.29 is 13.9 Å². The lowest BCUT2D eigenvalue weighted by Gasteiger charge is -2.40. The van der Waals surface area contributed by atoms with E-state index >= 15 is 0 Å². The Bertz CT molecular complexity index is 1180. The van der Waals surface area contributed by atoms with Crippen molar-refractivity contribution in [3.8, 4) is 0 Å². The number of carbonyl (C=O) groups is 1. The molecule has 2 aromatic heterocycles. The van der Waals surface area contributed by atoms with Gasteiger partial charge in [0, 0.05) is 13.1 Å². The van der Waals surface area contributed by atoms with Crippen molar-refractivity contribution in [1.82, 2.24) is 20.3 Å². The van der Waals surface area contributed by atoms with Gasteiger partial charge in [-0.05, 0) is 45.0 Å². The number of aromatic nitrogens is 3. The molecule has 168 valence electrons. The van der Waals surface area contributed by atoms with Gasteiger partial charge in [-0.3, -0.25) is 0 Å². The van der Waals surface area contributed by atoms with E-state index in [4.69, 9.17) is 27.9 Å². The fraction of sp³-hybridized carbons (Fsp3) is 0.333. The first-order chi connectivity index (χ1) is 15.1. The fourth-order valence-electron chi connectivity index (χ4n) is 3.17. The van der Waals surface area contributed by atoms with E-state index in [1.807, 2.05) is 37.8 Å². The van der Waals surface area contributed by atoms with Crippen LogP contribution in [0.2, 0.25) is 10.0 Å². The van der Waals surface area contributed by atoms with Gasteiger partial charge in [-0.2, -0.15) is 0 Å². The molecule has 0 unspecified atom stereocenters. The number of pyridine rings is 1. The molecule has 1 aliphatic heterocycles. The summed E-state index contributed by atoms with van der Waals surface area (Å²) in [6, 6.07) is 6.12. The Morgan fingerprint density at radius 1 is 1.19 bits per heavy atom. The first-order valence-corrected chi connectivity index (χ1v) is 10.6. The Morgan fingerprint density at radius 3 is 2.62 bits per heavy atom. The minimum Gasteiger partial charge on any atom is -0.444 e. The van der Waals surface area contributed by atoms with Crippen LogP contribution in [0, 0.1) is 5.82 Å². The monoisotopic (exact) mass is 478 g/mol. The Morgan fingerprint density at radius 2 is 1.91 bits per heavy atom. The van der Waals surface area contributed by atoms with Crippen LogP contribution in [-0.4, -0.2) is 45.8 Å². The summed E-state index contributed by atoms with van der Waals surface area (Å²) in [5.41, 5.74) is 0.636. The number of benzene rings is 1. The molecule has 8 nitrogen and oxygen atoms in total. The quantitative estimate of drug-likeness (QED) is 0.513. The molecular weight excluding hydrogens is 458 g/mol. The molecule has 2 N–H and O–H groups in total. The number of carbonyl (C=O) groups excluding carboxylic acids is 1. The van der Waals surface area contributed by atoms with Gasteiger partial charge in [0.1, 0.15) is 29.1 Å². The van der Waals surface area contributed by atoms with Crippen molar-refractivity contribution in [1.29, 1.82) is 0 Å². The largest absolute Gasteiger partial charge is 0.444 e. The van der Waals surface area contributed by atoms with Gasteiger partial charge < -0.3 is 20.3 Å². The maximum atomic E-state index is 14.3.